The van der Waals surface area contributed by atoms with Crippen molar-refractivity contribution in [2.24, 2.45) is 5.92 Å². The molecule has 2 aromatic carbocycles. The van der Waals surface area contributed by atoms with Crippen molar-refractivity contribution < 1.29 is 17.9 Å². The lowest BCUT2D eigenvalue weighted by atomic mass is 10.1. The number of amides is 1. The average Bonchev–Trinajstić information content (AvgIpc) is 2.56. The van der Waals surface area contributed by atoms with Crippen LogP contribution >= 0.6 is 0 Å². The molecule has 0 aromatic heterocycles. The van der Waals surface area contributed by atoms with Gasteiger partial charge in [-0.05, 0) is 54.8 Å². The number of anilines is 2. The second-order valence-corrected chi connectivity index (χ2v) is 8.14. The quantitative estimate of drug-likeness (QED) is 0.770. The molecule has 0 heterocycles. The maximum atomic E-state index is 12.6. The van der Waals surface area contributed by atoms with Gasteiger partial charge in [0.25, 0.3) is 10.0 Å². The third kappa shape index (κ3) is 5.23. The van der Waals surface area contributed by atoms with E-state index in [2.05, 4.69) is 10.0 Å². The second-order valence-electron chi connectivity index (χ2n) is 6.46. The van der Waals surface area contributed by atoms with Crippen molar-refractivity contribution in [3.63, 3.8) is 0 Å². The van der Waals surface area contributed by atoms with Crippen LogP contribution in [0.1, 0.15) is 25.8 Å². The van der Waals surface area contributed by atoms with Crippen LogP contribution in [0.4, 0.5) is 11.4 Å². The first-order valence-electron chi connectivity index (χ1n) is 8.28. The van der Waals surface area contributed by atoms with Gasteiger partial charge in [-0.2, -0.15) is 0 Å². The van der Waals surface area contributed by atoms with Crippen molar-refractivity contribution in [2.75, 3.05) is 17.1 Å². The van der Waals surface area contributed by atoms with Crippen LogP contribution in [0.3, 0.4) is 0 Å². The lowest BCUT2D eigenvalue weighted by Gasteiger charge is -2.13. The first-order valence-corrected chi connectivity index (χ1v) is 9.77. The summed E-state index contributed by atoms with van der Waals surface area (Å²) in [6.45, 7) is 5.72. The maximum absolute atomic E-state index is 12.6. The predicted molar refractivity (Wildman–Crippen MR) is 103 cm³/mol. The van der Waals surface area contributed by atoms with Crippen LogP contribution in [0.15, 0.2) is 47.4 Å². The van der Waals surface area contributed by atoms with E-state index in [1.165, 1.54) is 12.1 Å². The normalized spacial score (nSPS) is 11.3. The maximum Gasteiger partial charge on any atom is 0.261 e. The van der Waals surface area contributed by atoms with E-state index in [1.807, 2.05) is 20.8 Å². The molecule has 7 heteroatoms. The third-order valence-corrected chi connectivity index (χ3v) is 5.11. The fourth-order valence-corrected chi connectivity index (χ4v) is 3.43. The molecule has 0 fully saturated rings. The number of hydrogen-bond donors (Lipinski definition) is 2. The summed E-state index contributed by atoms with van der Waals surface area (Å²) in [6, 6.07) is 11.2. The molecule has 6 nitrogen and oxygen atoms in total. The Morgan fingerprint density at radius 3 is 2.35 bits per heavy atom. The molecule has 0 unspecified atom stereocenters. The SMILES string of the molecule is COc1ccc(NS(=O)(=O)c2ccc(C)c(NC(=O)CC(C)C)c2)cc1. The van der Waals surface area contributed by atoms with Gasteiger partial charge in [0.2, 0.25) is 5.91 Å². The number of methoxy groups -OCH3 is 1. The standard InChI is InChI=1S/C19H24N2O4S/c1-13(2)11-19(22)20-18-12-17(10-5-14(18)3)26(23,24)21-15-6-8-16(25-4)9-7-15/h5-10,12-13,21H,11H2,1-4H3,(H,20,22). The van der Waals surface area contributed by atoms with Crippen molar-refractivity contribution in [1.29, 1.82) is 0 Å². The molecule has 0 saturated carbocycles. The van der Waals surface area contributed by atoms with Gasteiger partial charge in [0.15, 0.2) is 0 Å². The number of nitrogens with one attached hydrogen (secondary N) is 2. The zero-order valence-electron chi connectivity index (χ0n) is 15.4. The number of rotatable bonds is 7. The minimum absolute atomic E-state index is 0.0822. The van der Waals surface area contributed by atoms with E-state index in [4.69, 9.17) is 4.74 Å². The summed E-state index contributed by atoms with van der Waals surface area (Å²) in [5.41, 5.74) is 1.72. The van der Waals surface area contributed by atoms with Crippen molar-refractivity contribution in [3.8, 4) is 5.75 Å². The number of hydrogen-bond acceptors (Lipinski definition) is 4. The third-order valence-electron chi connectivity index (χ3n) is 3.73. The molecule has 140 valence electrons. The number of benzene rings is 2. The lowest BCUT2D eigenvalue weighted by molar-refractivity contribution is -0.116. The van der Waals surface area contributed by atoms with Gasteiger partial charge in [-0.15, -0.1) is 0 Å². The molecule has 2 N–H and O–H groups in total. The first-order chi connectivity index (χ1) is 12.2. The summed E-state index contributed by atoms with van der Waals surface area (Å²) in [7, 11) is -2.23. The zero-order chi connectivity index (χ0) is 19.3. The van der Waals surface area contributed by atoms with E-state index in [1.54, 1.807) is 37.4 Å². The van der Waals surface area contributed by atoms with E-state index >= 15 is 0 Å². The summed E-state index contributed by atoms with van der Waals surface area (Å²) in [5, 5.41) is 2.79. The molecule has 0 aliphatic carbocycles. The van der Waals surface area contributed by atoms with Gasteiger partial charge in [-0.3, -0.25) is 9.52 Å². The molecule has 0 radical (unpaired) electrons. The fraction of sp³-hybridized carbons (Fsp3) is 0.316. The Hall–Kier alpha value is -2.54. The van der Waals surface area contributed by atoms with Crippen molar-refractivity contribution in [2.45, 2.75) is 32.1 Å². The number of ether oxygens (including phenoxy) is 1. The number of carbonyl (C=O) groups excluding carboxylic acids is 1. The van der Waals surface area contributed by atoms with E-state index < -0.39 is 10.0 Å². The van der Waals surface area contributed by atoms with Crippen LogP contribution < -0.4 is 14.8 Å². The Kier molecular flexibility index (Phi) is 6.26. The minimum Gasteiger partial charge on any atom is -0.497 e. The molecule has 0 bridgehead atoms. The molecule has 26 heavy (non-hydrogen) atoms. The van der Waals surface area contributed by atoms with E-state index in [9.17, 15) is 13.2 Å². The van der Waals surface area contributed by atoms with Crippen molar-refractivity contribution in [3.05, 3.63) is 48.0 Å². The zero-order valence-corrected chi connectivity index (χ0v) is 16.2. The topological polar surface area (TPSA) is 84.5 Å². The molecule has 0 saturated heterocycles. The molecular formula is C19H24N2O4S. The van der Waals surface area contributed by atoms with Gasteiger partial charge >= 0.3 is 0 Å². The molecule has 0 spiro atoms. The minimum atomic E-state index is -3.77. The molecule has 2 rings (SSSR count). The largest absolute Gasteiger partial charge is 0.497 e. The highest BCUT2D eigenvalue weighted by atomic mass is 32.2. The lowest BCUT2D eigenvalue weighted by Crippen LogP contribution is -2.16. The Morgan fingerprint density at radius 2 is 1.77 bits per heavy atom. The van der Waals surface area contributed by atoms with Crippen LogP contribution in [0, 0.1) is 12.8 Å². The monoisotopic (exact) mass is 376 g/mol. The summed E-state index contributed by atoms with van der Waals surface area (Å²) in [4.78, 5) is 12.1. The highest BCUT2D eigenvalue weighted by Gasteiger charge is 2.17. The number of aryl methyl sites for hydroxylation is 1. The van der Waals surface area contributed by atoms with Crippen LogP contribution in [0.25, 0.3) is 0 Å². The smallest absolute Gasteiger partial charge is 0.261 e. The van der Waals surface area contributed by atoms with Crippen LogP contribution in [0.2, 0.25) is 0 Å². The van der Waals surface area contributed by atoms with Gasteiger partial charge in [0, 0.05) is 17.8 Å². The van der Waals surface area contributed by atoms with Crippen LogP contribution in [0.5, 0.6) is 5.75 Å². The number of sulfonamides is 1. The molecular weight excluding hydrogens is 352 g/mol. The predicted octanol–water partition coefficient (Wildman–Crippen LogP) is 3.79. The second kappa shape index (κ2) is 8.23. The Morgan fingerprint density at radius 1 is 1.12 bits per heavy atom. The van der Waals surface area contributed by atoms with Crippen molar-refractivity contribution in [1.82, 2.24) is 0 Å². The highest BCUT2D eigenvalue weighted by Crippen LogP contribution is 2.24. The van der Waals surface area contributed by atoms with Gasteiger partial charge in [0.1, 0.15) is 5.75 Å². The Labute approximate surface area is 154 Å². The molecule has 1 amide bonds. The van der Waals surface area contributed by atoms with Gasteiger partial charge in [-0.25, -0.2) is 8.42 Å². The summed E-state index contributed by atoms with van der Waals surface area (Å²) < 4.78 is 32.8. The van der Waals surface area contributed by atoms with Gasteiger partial charge < -0.3 is 10.1 Å². The highest BCUT2D eigenvalue weighted by molar-refractivity contribution is 7.92. The van der Waals surface area contributed by atoms with Crippen LogP contribution in [-0.4, -0.2) is 21.4 Å². The molecule has 0 aliphatic heterocycles. The van der Waals surface area contributed by atoms with Crippen LogP contribution in [-0.2, 0) is 14.8 Å². The average molecular weight is 376 g/mol. The molecule has 2 aromatic rings. The molecule has 0 atom stereocenters. The van der Waals surface area contributed by atoms with E-state index in [0.717, 1.165) is 5.56 Å². The van der Waals surface area contributed by atoms with E-state index in [-0.39, 0.29) is 16.7 Å². The summed E-state index contributed by atoms with van der Waals surface area (Å²) >= 11 is 0. The fourth-order valence-electron chi connectivity index (χ4n) is 2.35. The number of carbonyl (C=O) groups is 1. The van der Waals surface area contributed by atoms with Crippen molar-refractivity contribution >= 4 is 27.3 Å². The first kappa shape index (κ1) is 19.8. The summed E-state index contributed by atoms with van der Waals surface area (Å²) in [5.74, 6) is 0.721. The molecule has 0 aliphatic rings. The Balaban J connectivity index is 2.23. The van der Waals surface area contributed by atoms with Gasteiger partial charge in [0.05, 0.1) is 12.0 Å². The van der Waals surface area contributed by atoms with E-state index in [0.29, 0.717) is 23.5 Å². The Bertz CT molecular complexity index is 875. The summed E-state index contributed by atoms with van der Waals surface area (Å²) in [6.07, 6.45) is 0.376. The van der Waals surface area contributed by atoms with Gasteiger partial charge in [-0.1, -0.05) is 19.9 Å².